The van der Waals surface area contributed by atoms with Gasteiger partial charge >= 0.3 is 30.0 Å². The predicted octanol–water partition coefficient (Wildman–Crippen LogP) is 2.59. The number of anilines is 1. The smallest absolute Gasteiger partial charge is 0.441 e. The molecule has 0 saturated heterocycles. The van der Waals surface area contributed by atoms with E-state index in [2.05, 4.69) is 9.47 Å². The molecule has 0 bridgehead atoms. The van der Waals surface area contributed by atoms with Gasteiger partial charge in [0.25, 0.3) is 5.60 Å². The molecule has 0 aromatic heterocycles. The molecule has 0 fully saturated rings. The van der Waals surface area contributed by atoms with Crippen molar-refractivity contribution < 1.29 is 55.3 Å². The van der Waals surface area contributed by atoms with E-state index in [0.29, 0.717) is 24.3 Å². The Morgan fingerprint density at radius 2 is 1.39 bits per heavy atom. The van der Waals surface area contributed by atoms with E-state index in [-0.39, 0.29) is 0 Å². The van der Waals surface area contributed by atoms with E-state index in [1.807, 2.05) is 0 Å². The summed E-state index contributed by atoms with van der Waals surface area (Å²) in [5.41, 5.74) is -9.67. The molecule has 0 unspecified atom stereocenters. The fourth-order valence-electron chi connectivity index (χ4n) is 2.52. The Labute approximate surface area is 188 Å². The highest BCUT2D eigenvalue weighted by Crippen LogP contribution is 2.41. The summed E-state index contributed by atoms with van der Waals surface area (Å²) in [5.74, 6) is -6.40. The third kappa shape index (κ3) is 5.79. The predicted molar refractivity (Wildman–Crippen MR) is 101 cm³/mol. The largest absolute Gasteiger partial charge is 0.463 e. The van der Waals surface area contributed by atoms with Gasteiger partial charge in [0.2, 0.25) is 5.91 Å². The molecule has 15 heteroatoms. The minimum absolute atomic E-state index is 0.488. The van der Waals surface area contributed by atoms with Crippen LogP contribution in [0.15, 0.2) is 24.3 Å². The number of benzene rings is 1. The molecule has 8 nitrogen and oxygen atoms in total. The lowest BCUT2D eigenvalue weighted by atomic mass is 9.92. The second-order valence-electron chi connectivity index (χ2n) is 6.28. The molecule has 2 atom stereocenters. The van der Waals surface area contributed by atoms with E-state index in [1.54, 1.807) is 5.32 Å². The van der Waals surface area contributed by atoms with Gasteiger partial charge < -0.3 is 25.2 Å². The topological polar surface area (TPSA) is 114 Å². The Morgan fingerprint density at radius 3 is 1.79 bits per heavy atom. The van der Waals surface area contributed by atoms with Crippen molar-refractivity contribution in [3.63, 3.8) is 0 Å². The number of rotatable bonds is 9. The van der Waals surface area contributed by atoms with Crippen LogP contribution in [-0.4, -0.2) is 60.1 Å². The number of amides is 1. The van der Waals surface area contributed by atoms with E-state index < -0.39 is 71.8 Å². The molecule has 186 valence electrons. The third-order valence-electron chi connectivity index (χ3n) is 4.07. The molecule has 0 aliphatic heterocycles. The van der Waals surface area contributed by atoms with Crippen molar-refractivity contribution in [2.75, 3.05) is 24.4 Å². The summed E-state index contributed by atoms with van der Waals surface area (Å²) in [7, 11) is 0. The third-order valence-corrected chi connectivity index (χ3v) is 4.31. The minimum atomic E-state index is -5.54. The highest BCUT2D eigenvalue weighted by molar-refractivity contribution is 6.27. The number of alkyl halides is 7. The molecule has 1 rings (SSSR count). The zero-order valence-corrected chi connectivity index (χ0v) is 17.8. The molecule has 33 heavy (non-hydrogen) atoms. The van der Waals surface area contributed by atoms with Crippen molar-refractivity contribution in [3.05, 3.63) is 29.8 Å². The first-order chi connectivity index (χ1) is 15.1. The summed E-state index contributed by atoms with van der Waals surface area (Å²) in [5, 5.41) is 13.1. The monoisotopic (exact) mass is 508 g/mol. The highest BCUT2D eigenvalue weighted by Gasteiger charge is 2.64. The van der Waals surface area contributed by atoms with Gasteiger partial charge in [0.1, 0.15) is 5.88 Å². The standard InChI is InChI=1S/C18H19ClF6N2O6/c1-3-32-13(29)15(31,17(20,21)22)10-5-7-11(8-6-10)26-16(18(23,24)25,14(30)33-4-2)27-12(28)9-19/h5-8,26,31H,3-4,9H2,1-2H3,(H,27,28)/t15-,16+/m1/s1. The van der Waals surface area contributed by atoms with Gasteiger partial charge in [-0.25, -0.2) is 9.59 Å². The SMILES string of the molecule is CCOC(=O)[C@@](NC(=O)CCl)(Nc1ccc([C@@](O)(C(=O)OCC)C(F)(F)F)cc1)C(F)(F)F. The Bertz CT molecular complexity index is 863. The first-order valence-electron chi connectivity index (χ1n) is 9.06. The molecular formula is C18H19ClF6N2O6. The summed E-state index contributed by atoms with van der Waals surface area (Å²) in [6.45, 7) is 1.39. The van der Waals surface area contributed by atoms with Crippen LogP contribution in [0.4, 0.5) is 32.0 Å². The van der Waals surface area contributed by atoms with Crippen molar-refractivity contribution in [1.82, 2.24) is 5.32 Å². The van der Waals surface area contributed by atoms with Crippen LogP contribution < -0.4 is 10.6 Å². The quantitative estimate of drug-likeness (QED) is 0.203. The van der Waals surface area contributed by atoms with Gasteiger partial charge in [0, 0.05) is 11.3 Å². The number of hydrogen-bond acceptors (Lipinski definition) is 7. The average Bonchev–Trinajstić information content (AvgIpc) is 2.71. The molecule has 0 heterocycles. The second-order valence-corrected chi connectivity index (χ2v) is 6.55. The van der Waals surface area contributed by atoms with Crippen molar-refractivity contribution in [2.45, 2.75) is 37.5 Å². The van der Waals surface area contributed by atoms with Gasteiger partial charge in [-0.05, 0) is 26.0 Å². The van der Waals surface area contributed by atoms with E-state index >= 15 is 0 Å². The second kappa shape index (κ2) is 10.5. The van der Waals surface area contributed by atoms with E-state index in [0.717, 1.165) is 0 Å². The van der Waals surface area contributed by atoms with Gasteiger partial charge in [-0.2, -0.15) is 26.3 Å². The number of ether oxygens (including phenoxy) is 2. The maximum absolute atomic E-state index is 13.9. The van der Waals surface area contributed by atoms with Crippen LogP contribution in [0.25, 0.3) is 0 Å². The van der Waals surface area contributed by atoms with Gasteiger partial charge in [-0.1, -0.05) is 12.1 Å². The number of halogens is 7. The van der Waals surface area contributed by atoms with Crippen LogP contribution in [0.2, 0.25) is 0 Å². The lowest BCUT2D eigenvalue weighted by Crippen LogP contribution is -2.69. The Balaban J connectivity index is 3.51. The fraction of sp³-hybridized carbons (Fsp3) is 0.500. The van der Waals surface area contributed by atoms with Crippen LogP contribution in [-0.2, 0) is 29.5 Å². The lowest BCUT2D eigenvalue weighted by molar-refractivity contribution is -0.267. The molecule has 1 aromatic rings. The van der Waals surface area contributed by atoms with Gasteiger partial charge in [-0.3, -0.25) is 4.79 Å². The van der Waals surface area contributed by atoms with Crippen LogP contribution in [0.3, 0.4) is 0 Å². The minimum Gasteiger partial charge on any atom is -0.463 e. The number of aliphatic hydroxyl groups is 1. The first kappa shape index (κ1) is 28.3. The van der Waals surface area contributed by atoms with Gasteiger partial charge in [0.05, 0.1) is 13.2 Å². The molecule has 0 saturated carbocycles. The number of hydrogen-bond donors (Lipinski definition) is 3. The average molecular weight is 509 g/mol. The van der Waals surface area contributed by atoms with Crippen molar-refractivity contribution in [3.8, 4) is 0 Å². The number of carbonyl (C=O) groups excluding carboxylic acids is 3. The van der Waals surface area contributed by atoms with Crippen molar-refractivity contribution in [1.29, 1.82) is 0 Å². The number of carbonyl (C=O) groups is 3. The van der Waals surface area contributed by atoms with Crippen LogP contribution in [0, 0.1) is 0 Å². The normalized spacial score (nSPS) is 15.6. The summed E-state index contributed by atoms with van der Waals surface area (Å²) >= 11 is 5.22. The Kier molecular flexibility index (Phi) is 8.97. The summed E-state index contributed by atoms with van der Waals surface area (Å²) in [6.07, 6.45) is -11.0. The maximum atomic E-state index is 13.9. The first-order valence-corrected chi connectivity index (χ1v) is 9.60. The van der Waals surface area contributed by atoms with Crippen LogP contribution >= 0.6 is 11.6 Å². The van der Waals surface area contributed by atoms with Crippen LogP contribution in [0.1, 0.15) is 19.4 Å². The lowest BCUT2D eigenvalue weighted by Gasteiger charge is -2.35. The summed E-state index contributed by atoms with van der Waals surface area (Å²) < 4.78 is 90.6. The number of nitrogens with one attached hydrogen (secondary N) is 2. The van der Waals surface area contributed by atoms with E-state index in [1.165, 1.54) is 19.2 Å². The van der Waals surface area contributed by atoms with Gasteiger partial charge in [0.15, 0.2) is 0 Å². The summed E-state index contributed by atoms with van der Waals surface area (Å²) in [6, 6.07) is 2.19. The zero-order valence-electron chi connectivity index (χ0n) is 17.1. The Morgan fingerprint density at radius 1 is 0.909 bits per heavy atom. The molecule has 0 aliphatic carbocycles. The van der Waals surface area contributed by atoms with Crippen molar-refractivity contribution >= 4 is 35.1 Å². The van der Waals surface area contributed by atoms with E-state index in [9.17, 15) is 45.8 Å². The number of esters is 2. The molecule has 0 aliphatic rings. The van der Waals surface area contributed by atoms with Crippen molar-refractivity contribution in [2.24, 2.45) is 0 Å². The Hall–Kier alpha value is -2.74. The molecule has 0 spiro atoms. The summed E-state index contributed by atoms with van der Waals surface area (Å²) in [4.78, 5) is 35.6. The molecule has 1 aromatic carbocycles. The molecular weight excluding hydrogens is 490 g/mol. The van der Waals surface area contributed by atoms with Crippen LogP contribution in [0.5, 0.6) is 0 Å². The van der Waals surface area contributed by atoms with Gasteiger partial charge in [-0.15, -0.1) is 11.6 Å². The van der Waals surface area contributed by atoms with E-state index in [4.69, 9.17) is 11.6 Å². The molecule has 1 amide bonds. The highest BCUT2D eigenvalue weighted by atomic mass is 35.5. The zero-order chi connectivity index (χ0) is 25.7. The molecule has 0 radical (unpaired) electrons. The molecule has 3 N–H and O–H groups in total. The maximum Gasteiger partial charge on any atom is 0.441 e. The fourth-order valence-corrected chi connectivity index (χ4v) is 2.58.